The number of carbonyl (C=O) groups excluding carboxylic acids is 2. The number of carbonyl (C=O) groups is 2. The standard InChI is InChI=1S/C17H24N2O2/c1-6-15(20)18-11-13-7-9-14(10-8-13)16(21)19(5)12-17(2,3)4/h6-10H,1,11-12H2,2-5H3,(H,18,20). The Hall–Kier alpha value is -2.10. The lowest BCUT2D eigenvalue weighted by Crippen LogP contribution is -2.34. The van der Waals surface area contributed by atoms with Crippen LogP contribution in [0.4, 0.5) is 0 Å². The Kier molecular flexibility index (Phi) is 5.70. The minimum Gasteiger partial charge on any atom is -0.348 e. The summed E-state index contributed by atoms with van der Waals surface area (Å²) in [5.74, 6) is -0.202. The average molecular weight is 288 g/mol. The molecule has 0 bridgehead atoms. The van der Waals surface area contributed by atoms with Crippen LogP contribution in [0, 0.1) is 5.41 Å². The smallest absolute Gasteiger partial charge is 0.253 e. The number of nitrogens with one attached hydrogen (secondary N) is 1. The van der Waals surface area contributed by atoms with Crippen molar-refractivity contribution < 1.29 is 9.59 Å². The van der Waals surface area contributed by atoms with Gasteiger partial charge in [-0.05, 0) is 29.2 Å². The zero-order valence-electron chi connectivity index (χ0n) is 13.3. The predicted molar refractivity (Wildman–Crippen MR) is 84.9 cm³/mol. The zero-order valence-corrected chi connectivity index (χ0v) is 13.3. The minimum absolute atomic E-state index is 0.00611. The second-order valence-corrected chi connectivity index (χ2v) is 6.34. The third kappa shape index (κ3) is 5.81. The Morgan fingerprint density at radius 3 is 2.29 bits per heavy atom. The van der Waals surface area contributed by atoms with E-state index < -0.39 is 0 Å². The van der Waals surface area contributed by atoms with Crippen LogP contribution in [0.25, 0.3) is 0 Å². The third-order valence-corrected chi connectivity index (χ3v) is 2.91. The SMILES string of the molecule is C=CC(=O)NCc1ccc(C(=O)N(C)CC(C)(C)C)cc1. The maximum absolute atomic E-state index is 12.3. The van der Waals surface area contributed by atoms with Gasteiger partial charge in [0.15, 0.2) is 0 Å². The fraction of sp³-hybridized carbons (Fsp3) is 0.412. The molecule has 114 valence electrons. The number of hydrogen-bond acceptors (Lipinski definition) is 2. The maximum Gasteiger partial charge on any atom is 0.253 e. The van der Waals surface area contributed by atoms with Gasteiger partial charge < -0.3 is 10.2 Å². The van der Waals surface area contributed by atoms with Gasteiger partial charge in [-0.3, -0.25) is 9.59 Å². The van der Waals surface area contributed by atoms with Crippen molar-refractivity contribution in [1.82, 2.24) is 10.2 Å². The van der Waals surface area contributed by atoms with Gasteiger partial charge in [0.2, 0.25) is 5.91 Å². The largest absolute Gasteiger partial charge is 0.348 e. The third-order valence-electron chi connectivity index (χ3n) is 2.91. The number of amides is 2. The number of benzene rings is 1. The Balaban J connectivity index is 2.66. The molecule has 0 atom stereocenters. The molecule has 0 radical (unpaired) electrons. The fourth-order valence-corrected chi connectivity index (χ4v) is 2.03. The number of nitrogens with zero attached hydrogens (tertiary/aromatic N) is 1. The summed E-state index contributed by atoms with van der Waals surface area (Å²) < 4.78 is 0. The van der Waals surface area contributed by atoms with Gasteiger partial charge >= 0.3 is 0 Å². The molecule has 0 unspecified atom stereocenters. The summed E-state index contributed by atoms with van der Waals surface area (Å²) >= 11 is 0. The molecule has 1 N–H and O–H groups in total. The highest BCUT2D eigenvalue weighted by Crippen LogP contribution is 2.16. The lowest BCUT2D eigenvalue weighted by atomic mass is 9.96. The highest BCUT2D eigenvalue weighted by molar-refractivity contribution is 5.94. The zero-order chi connectivity index (χ0) is 16.0. The quantitative estimate of drug-likeness (QED) is 0.847. The summed E-state index contributed by atoms with van der Waals surface area (Å²) in [5.41, 5.74) is 1.67. The van der Waals surface area contributed by atoms with Crippen LogP contribution in [0.2, 0.25) is 0 Å². The van der Waals surface area contributed by atoms with Crippen molar-refractivity contribution in [2.45, 2.75) is 27.3 Å². The molecule has 1 aromatic carbocycles. The summed E-state index contributed by atoms with van der Waals surface area (Å²) in [4.78, 5) is 25.1. The molecule has 0 aliphatic heterocycles. The molecule has 4 heteroatoms. The first-order chi connectivity index (χ1) is 9.73. The van der Waals surface area contributed by atoms with Gasteiger partial charge in [-0.1, -0.05) is 39.5 Å². The Morgan fingerprint density at radius 2 is 1.81 bits per heavy atom. The van der Waals surface area contributed by atoms with E-state index in [9.17, 15) is 9.59 Å². The van der Waals surface area contributed by atoms with Gasteiger partial charge in [-0.2, -0.15) is 0 Å². The van der Waals surface area contributed by atoms with Crippen molar-refractivity contribution >= 4 is 11.8 Å². The molecule has 0 aliphatic carbocycles. The molecule has 4 nitrogen and oxygen atoms in total. The van der Waals surface area contributed by atoms with E-state index in [2.05, 4.69) is 32.7 Å². The summed E-state index contributed by atoms with van der Waals surface area (Å²) in [5, 5.41) is 2.70. The van der Waals surface area contributed by atoms with Crippen LogP contribution in [-0.2, 0) is 11.3 Å². The Bertz CT molecular complexity index is 513. The van der Waals surface area contributed by atoms with E-state index in [0.717, 1.165) is 5.56 Å². The van der Waals surface area contributed by atoms with Gasteiger partial charge in [-0.25, -0.2) is 0 Å². The molecule has 2 amide bonds. The van der Waals surface area contributed by atoms with Crippen LogP contribution < -0.4 is 5.32 Å². The van der Waals surface area contributed by atoms with Crippen LogP contribution in [0.15, 0.2) is 36.9 Å². The molecule has 0 fully saturated rings. The van der Waals surface area contributed by atoms with Crippen LogP contribution in [0.3, 0.4) is 0 Å². The number of rotatable bonds is 5. The molecule has 21 heavy (non-hydrogen) atoms. The molecule has 0 heterocycles. The summed E-state index contributed by atoms with van der Waals surface area (Å²) in [7, 11) is 1.81. The minimum atomic E-state index is -0.208. The Labute approximate surface area is 126 Å². The van der Waals surface area contributed by atoms with Gasteiger partial charge in [0, 0.05) is 25.7 Å². The van der Waals surface area contributed by atoms with Crippen molar-refractivity contribution in [3.05, 3.63) is 48.0 Å². The van der Waals surface area contributed by atoms with E-state index in [0.29, 0.717) is 18.7 Å². The van der Waals surface area contributed by atoms with Crippen molar-refractivity contribution in [3.8, 4) is 0 Å². The molecule has 1 rings (SSSR count). The van der Waals surface area contributed by atoms with Crippen molar-refractivity contribution in [1.29, 1.82) is 0 Å². The average Bonchev–Trinajstić information content (AvgIpc) is 2.42. The van der Waals surface area contributed by atoms with Crippen molar-refractivity contribution in [2.75, 3.05) is 13.6 Å². The molecule has 1 aromatic rings. The second-order valence-electron chi connectivity index (χ2n) is 6.34. The van der Waals surface area contributed by atoms with Gasteiger partial charge in [0.25, 0.3) is 5.91 Å². The lowest BCUT2D eigenvalue weighted by molar-refractivity contribution is -0.116. The highest BCUT2D eigenvalue weighted by atomic mass is 16.2. The van der Waals surface area contributed by atoms with Gasteiger partial charge in [0.05, 0.1) is 0 Å². The van der Waals surface area contributed by atoms with E-state index in [1.807, 2.05) is 19.2 Å². The molecular weight excluding hydrogens is 264 g/mol. The lowest BCUT2D eigenvalue weighted by Gasteiger charge is -2.26. The first-order valence-electron chi connectivity index (χ1n) is 6.97. The van der Waals surface area contributed by atoms with Crippen LogP contribution >= 0.6 is 0 Å². The Morgan fingerprint density at radius 1 is 1.24 bits per heavy atom. The second kappa shape index (κ2) is 7.07. The van der Waals surface area contributed by atoms with E-state index >= 15 is 0 Å². The van der Waals surface area contributed by atoms with E-state index in [-0.39, 0.29) is 17.2 Å². The van der Waals surface area contributed by atoms with Gasteiger partial charge in [-0.15, -0.1) is 0 Å². The van der Waals surface area contributed by atoms with E-state index in [1.54, 1.807) is 17.0 Å². The van der Waals surface area contributed by atoms with Crippen LogP contribution in [0.5, 0.6) is 0 Å². The number of hydrogen-bond donors (Lipinski definition) is 1. The van der Waals surface area contributed by atoms with Crippen molar-refractivity contribution in [3.63, 3.8) is 0 Å². The molecule has 0 spiro atoms. The van der Waals surface area contributed by atoms with Crippen LogP contribution in [-0.4, -0.2) is 30.3 Å². The fourth-order valence-electron chi connectivity index (χ4n) is 2.03. The predicted octanol–water partition coefficient (Wildman–Crippen LogP) is 2.61. The van der Waals surface area contributed by atoms with Gasteiger partial charge in [0.1, 0.15) is 0 Å². The molecule has 0 aromatic heterocycles. The molecule has 0 aliphatic rings. The molecular formula is C17H24N2O2. The monoisotopic (exact) mass is 288 g/mol. The van der Waals surface area contributed by atoms with Crippen LogP contribution in [0.1, 0.15) is 36.7 Å². The topological polar surface area (TPSA) is 49.4 Å². The first kappa shape index (κ1) is 17.0. The summed E-state index contributed by atoms with van der Waals surface area (Å²) in [6, 6.07) is 7.27. The van der Waals surface area contributed by atoms with E-state index in [1.165, 1.54) is 6.08 Å². The highest BCUT2D eigenvalue weighted by Gasteiger charge is 2.18. The summed E-state index contributed by atoms with van der Waals surface area (Å²) in [6.45, 7) is 10.8. The van der Waals surface area contributed by atoms with Crippen molar-refractivity contribution in [2.24, 2.45) is 5.41 Å². The summed E-state index contributed by atoms with van der Waals surface area (Å²) in [6.07, 6.45) is 1.24. The first-order valence-corrected chi connectivity index (χ1v) is 6.97. The molecule has 0 saturated carbocycles. The normalized spacial score (nSPS) is 10.9. The molecule has 0 saturated heterocycles. The maximum atomic E-state index is 12.3. The van der Waals surface area contributed by atoms with E-state index in [4.69, 9.17) is 0 Å².